The van der Waals surface area contributed by atoms with Crippen LogP contribution in [0, 0.1) is 6.92 Å². The monoisotopic (exact) mass is 280 g/mol. The molecule has 0 N–H and O–H groups in total. The second-order valence-electron chi connectivity index (χ2n) is 4.23. The first-order valence-electron chi connectivity index (χ1n) is 5.83. The molecule has 0 saturated heterocycles. The van der Waals surface area contributed by atoms with Crippen molar-refractivity contribution in [2.45, 2.75) is 12.3 Å². The molecule has 1 aromatic carbocycles. The Hall–Kier alpha value is -1.19. The van der Waals surface area contributed by atoms with Gasteiger partial charge < -0.3 is 9.47 Å². The Morgan fingerprint density at radius 3 is 2.67 bits per heavy atom. The van der Waals surface area contributed by atoms with Gasteiger partial charge in [-0.25, -0.2) is 0 Å². The van der Waals surface area contributed by atoms with Gasteiger partial charge >= 0.3 is 0 Å². The van der Waals surface area contributed by atoms with Crippen LogP contribution in [0.15, 0.2) is 29.6 Å². The molecule has 0 radical (unpaired) electrons. The minimum absolute atomic E-state index is 0.124. The van der Waals surface area contributed by atoms with E-state index in [1.54, 1.807) is 11.3 Å². The highest BCUT2D eigenvalue weighted by Crippen LogP contribution is 2.39. The van der Waals surface area contributed by atoms with E-state index in [1.165, 1.54) is 10.4 Å². The van der Waals surface area contributed by atoms with Crippen LogP contribution in [0.3, 0.4) is 0 Å². The van der Waals surface area contributed by atoms with E-state index in [1.807, 2.05) is 18.2 Å². The minimum Gasteiger partial charge on any atom is -0.486 e. The predicted octanol–water partition coefficient (Wildman–Crippen LogP) is 4.16. The standard InChI is InChI=1S/C14H13ClO2S/c1-9-4-7-18-14(9)13(15)10-2-3-11-12(8-10)17-6-5-16-11/h2-4,7-8,13H,5-6H2,1H3. The Morgan fingerprint density at radius 1 is 1.17 bits per heavy atom. The number of halogens is 1. The lowest BCUT2D eigenvalue weighted by Crippen LogP contribution is -2.15. The summed E-state index contributed by atoms with van der Waals surface area (Å²) in [7, 11) is 0. The maximum atomic E-state index is 6.53. The first kappa shape index (κ1) is 11.9. The molecule has 0 bridgehead atoms. The Kier molecular flexibility index (Phi) is 3.18. The summed E-state index contributed by atoms with van der Waals surface area (Å²) in [6.45, 7) is 3.29. The van der Waals surface area contributed by atoms with Gasteiger partial charge in [-0.15, -0.1) is 22.9 Å². The van der Waals surface area contributed by atoms with Crippen molar-refractivity contribution < 1.29 is 9.47 Å². The molecule has 0 saturated carbocycles. The number of ether oxygens (including phenoxy) is 2. The molecular formula is C14H13ClO2S. The van der Waals surface area contributed by atoms with E-state index in [-0.39, 0.29) is 5.38 Å². The van der Waals surface area contributed by atoms with Crippen LogP contribution in [0.4, 0.5) is 0 Å². The van der Waals surface area contributed by atoms with Gasteiger partial charge in [0.25, 0.3) is 0 Å². The highest BCUT2D eigenvalue weighted by Gasteiger charge is 2.18. The number of thiophene rings is 1. The minimum atomic E-state index is -0.124. The zero-order valence-electron chi connectivity index (χ0n) is 9.98. The Bertz CT molecular complexity index is 565. The largest absolute Gasteiger partial charge is 0.486 e. The zero-order chi connectivity index (χ0) is 12.5. The van der Waals surface area contributed by atoms with Crippen LogP contribution in [-0.4, -0.2) is 13.2 Å². The maximum Gasteiger partial charge on any atom is 0.161 e. The van der Waals surface area contributed by atoms with Gasteiger partial charge in [-0.05, 0) is 41.6 Å². The molecule has 1 aromatic heterocycles. The van der Waals surface area contributed by atoms with Crippen LogP contribution in [0.1, 0.15) is 21.4 Å². The van der Waals surface area contributed by atoms with Crippen LogP contribution in [0.25, 0.3) is 0 Å². The molecule has 4 heteroatoms. The fourth-order valence-corrected chi connectivity index (χ4v) is 3.40. The van der Waals surface area contributed by atoms with Crippen LogP contribution >= 0.6 is 22.9 Å². The molecule has 0 fully saturated rings. The molecule has 2 aromatic rings. The summed E-state index contributed by atoms with van der Waals surface area (Å²) < 4.78 is 11.1. The lowest BCUT2D eigenvalue weighted by Gasteiger charge is -2.20. The van der Waals surface area contributed by atoms with E-state index in [4.69, 9.17) is 21.1 Å². The Labute approximate surface area is 115 Å². The van der Waals surface area contributed by atoms with Crippen LogP contribution < -0.4 is 9.47 Å². The van der Waals surface area contributed by atoms with Gasteiger partial charge in [-0.2, -0.15) is 0 Å². The highest BCUT2D eigenvalue weighted by atomic mass is 35.5. The molecular weight excluding hydrogens is 268 g/mol. The van der Waals surface area contributed by atoms with Crippen molar-refractivity contribution in [3.05, 3.63) is 45.6 Å². The number of hydrogen-bond acceptors (Lipinski definition) is 3. The van der Waals surface area contributed by atoms with Crippen molar-refractivity contribution >= 4 is 22.9 Å². The Morgan fingerprint density at radius 2 is 1.94 bits per heavy atom. The quantitative estimate of drug-likeness (QED) is 0.769. The van der Waals surface area contributed by atoms with Gasteiger partial charge in [-0.3, -0.25) is 0 Å². The summed E-state index contributed by atoms with van der Waals surface area (Å²) in [5.74, 6) is 1.59. The normalized spacial score (nSPS) is 15.4. The SMILES string of the molecule is Cc1ccsc1C(Cl)c1ccc2c(c1)OCCO2. The van der Waals surface area contributed by atoms with Crippen molar-refractivity contribution in [3.8, 4) is 11.5 Å². The van der Waals surface area contributed by atoms with Gasteiger partial charge in [0.2, 0.25) is 0 Å². The second-order valence-corrected chi connectivity index (χ2v) is 5.62. The van der Waals surface area contributed by atoms with Gasteiger partial charge in [0.1, 0.15) is 13.2 Å². The third-order valence-electron chi connectivity index (χ3n) is 2.99. The van der Waals surface area contributed by atoms with Crippen molar-refractivity contribution in [3.63, 3.8) is 0 Å². The maximum absolute atomic E-state index is 6.53. The molecule has 0 amide bonds. The summed E-state index contributed by atoms with van der Waals surface area (Å²) in [5, 5.41) is 1.94. The molecule has 3 rings (SSSR count). The van der Waals surface area contributed by atoms with Crippen molar-refractivity contribution in [1.82, 2.24) is 0 Å². The van der Waals surface area contributed by atoms with Gasteiger partial charge in [0.15, 0.2) is 11.5 Å². The Balaban J connectivity index is 1.95. The molecule has 1 unspecified atom stereocenters. The van der Waals surface area contributed by atoms with E-state index in [2.05, 4.69) is 18.4 Å². The summed E-state index contributed by atoms with van der Waals surface area (Å²) in [6.07, 6.45) is 0. The molecule has 2 nitrogen and oxygen atoms in total. The van der Waals surface area contributed by atoms with E-state index in [9.17, 15) is 0 Å². The van der Waals surface area contributed by atoms with Gasteiger partial charge in [0.05, 0.1) is 5.38 Å². The van der Waals surface area contributed by atoms with E-state index >= 15 is 0 Å². The van der Waals surface area contributed by atoms with Crippen molar-refractivity contribution in [2.24, 2.45) is 0 Å². The van der Waals surface area contributed by atoms with Crippen molar-refractivity contribution in [1.29, 1.82) is 0 Å². The molecule has 2 heterocycles. The molecule has 1 aliphatic rings. The summed E-state index contributed by atoms with van der Waals surface area (Å²) in [4.78, 5) is 1.19. The van der Waals surface area contributed by atoms with Crippen LogP contribution in [0.2, 0.25) is 0 Å². The molecule has 1 atom stereocenters. The van der Waals surface area contributed by atoms with Crippen LogP contribution in [0.5, 0.6) is 11.5 Å². The lowest BCUT2D eigenvalue weighted by molar-refractivity contribution is 0.171. The second kappa shape index (κ2) is 4.82. The van der Waals surface area contributed by atoms with Gasteiger partial charge in [0, 0.05) is 4.88 Å². The van der Waals surface area contributed by atoms with Gasteiger partial charge in [-0.1, -0.05) is 6.07 Å². The smallest absolute Gasteiger partial charge is 0.161 e. The molecule has 0 aliphatic carbocycles. The number of hydrogen-bond donors (Lipinski definition) is 0. The number of aryl methyl sites for hydroxylation is 1. The molecule has 0 spiro atoms. The number of fused-ring (bicyclic) bond motifs is 1. The molecule has 1 aliphatic heterocycles. The van der Waals surface area contributed by atoms with E-state index < -0.39 is 0 Å². The summed E-state index contributed by atoms with van der Waals surface area (Å²) >= 11 is 8.22. The summed E-state index contributed by atoms with van der Waals surface area (Å²) in [6, 6.07) is 8.01. The first-order valence-corrected chi connectivity index (χ1v) is 7.15. The van der Waals surface area contributed by atoms with Crippen molar-refractivity contribution in [2.75, 3.05) is 13.2 Å². The highest BCUT2D eigenvalue weighted by molar-refractivity contribution is 7.10. The molecule has 94 valence electrons. The average Bonchev–Trinajstić information content (AvgIpc) is 2.83. The van der Waals surface area contributed by atoms with E-state index in [0.717, 1.165) is 17.1 Å². The topological polar surface area (TPSA) is 18.5 Å². The lowest BCUT2D eigenvalue weighted by atomic mass is 10.1. The fraction of sp³-hybridized carbons (Fsp3) is 0.286. The average molecular weight is 281 g/mol. The third-order valence-corrected chi connectivity index (χ3v) is 4.67. The van der Waals surface area contributed by atoms with Crippen LogP contribution in [-0.2, 0) is 0 Å². The fourth-order valence-electron chi connectivity index (χ4n) is 2.01. The summed E-state index contributed by atoms with van der Waals surface area (Å²) in [5.41, 5.74) is 2.28. The third kappa shape index (κ3) is 2.08. The zero-order valence-corrected chi connectivity index (χ0v) is 11.6. The van der Waals surface area contributed by atoms with E-state index in [0.29, 0.717) is 13.2 Å². The number of rotatable bonds is 2. The number of alkyl halides is 1. The first-order chi connectivity index (χ1) is 8.75. The number of benzene rings is 1. The predicted molar refractivity (Wildman–Crippen MR) is 74.2 cm³/mol. The molecule has 18 heavy (non-hydrogen) atoms.